The number of nitrogens with one attached hydrogen (secondary N) is 2. The van der Waals surface area contributed by atoms with E-state index in [-0.39, 0.29) is 23.9 Å². The number of carbonyl (C=O) groups is 3. The maximum atomic E-state index is 12.7. The van der Waals surface area contributed by atoms with Gasteiger partial charge in [0.15, 0.2) is 0 Å². The van der Waals surface area contributed by atoms with Crippen LogP contribution < -0.4 is 10.6 Å². The Bertz CT molecular complexity index is 628. The normalized spacial score (nSPS) is 14.9. The molecule has 1 saturated heterocycles. The SMILES string of the molecule is CC(=O)Nc1ccc(C(=O)N2CCCN(C(=O)NC(C)C)CC2)cc1. The first-order valence-electron chi connectivity index (χ1n) is 8.59. The van der Waals surface area contributed by atoms with Gasteiger partial charge in [-0.15, -0.1) is 0 Å². The standard InChI is InChI=1S/C18H26N4O3/c1-13(2)19-18(25)22-10-4-9-21(11-12-22)17(24)15-5-7-16(8-6-15)20-14(3)23/h5-8,13H,4,9-12H2,1-3H3,(H,19,25)(H,20,23). The van der Waals surface area contributed by atoms with Crippen molar-refractivity contribution in [3.63, 3.8) is 0 Å². The van der Waals surface area contributed by atoms with Gasteiger partial charge >= 0.3 is 6.03 Å². The zero-order valence-corrected chi connectivity index (χ0v) is 15.0. The van der Waals surface area contributed by atoms with Gasteiger partial charge in [0.05, 0.1) is 0 Å². The minimum atomic E-state index is -0.147. The highest BCUT2D eigenvalue weighted by Crippen LogP contribution is 2.13. The molecule has 1 aliphatic rings. The van der Waals surface area contributed by atoms with Crippen LogP contribution in [0.1, 0.15) is 37.6 Å². The molecule has 0 bridgehead atoms. The summed E-state index contributed by atoms with van der Waals surface area (Å²) in [6.07, 6.45) is 0.751. The molecule has 0 aliphatic carbocycles. The van der Waals surface area contributed by atoms with Gasteiger partial charge in [-0.2, -0.15) is 0 Å². The van der Waals surface area contributed by atoms with E-state index < -0.39 is 0 Å². The lowest BCUT2D eigenvalue weighted by molar-refractivity contribution is -0.114. The molecule has 7 nitrogen and oxygen atoms in total. The van der Waals surface area contributed by atoms with E-state index in [0.717, 1.165) is 6.42 Å². The third-order valence-corrected chi connectivity index (χ3v) is 3.93. The Kier molecular flexibility index (Phi) is 6.38. The number of amides is 4. The second kappa shape index (κ2) is 8.50. The molecular formula is C18H26N4O3. The van der Waals surface area contributed by atoms with Gasteiger partial charge in [0.1, 0.15) is 0 Å². The summed E-state index contributed by atoms with van der Waals surface area (Å²) in [6.45, 7) is 7.59. The van der Waals surface area contributed by atoms with Gasteiger partial charge < -0.3 is 20.4 Å². The summed E-state index contributed by atoms with van der Waals surface area (Å²) in [4.78, 5) is 39.3. The number of rotatable bonds is 3. The van der Waals surface area contributed by atoms with Crippen molar-refractivity contribution in [3.8, 4) is 0 Å². The molecule has 0 radical (unpaired) electrons. The van der Waals surface area contributed by atoms with Crippen LogP contribution in [0.2, 0.25) is 0 Å². The van der Waals surface area contributed by atoms with E-state index in [9.17, 15) is 14.4 Å². The number of urea groups is 1. The maximum Gasteiger partial charge on any atom is 0.317 e. The first-order valence-corrected chi connectivity index (χ1v) is 8.59. The molecule has 0 saturated carbocycles. The molecule has 2 rings (SSSR count). The Morgan fingerprint density at radius 1 is 0.960 bits per heavy atom. The number of nitrogens with zero attached hydrogens (tertiary/aromatic N) is 2. The molecule has 1 aliphatic heterocycles. The van der Waals surface area contributed by atoms with Gasteiger partial charge in [0.25, 0.3) is 5.91 Å². The van der Waals surface area contributed by atoms with Crippen molar-refractivity contribution in [1.29, 1.82) is 0 Å². The molecule has 1 heterocycles. The van der Waals surface area contributed by atoms with Gasteiger partial charge in [0, 0.05) is 50.4 Å². The second-order valence-corrected chi connectivity index (χ2v) is 6.50. The van der Waals surface area contributed by atoms with E-state index in [0.29, 0.717) is 37.4 Å². The molecule has 1 aromatic carbocycles. The van der Waals surface area contributed by atoms with E-state index in [1.54, 1.807) is 34.1 Å². The predicted octanol–water partition coefficient (Wildman–Crippen LogP) is 1.91. The van der Waals surface area contributed by atoms with E-state index in [1.807, 2.05) is 13.8 Å². The molecule has 2 N–H and O–H groups in total. The zero-order chi connectivity index (χ0) is 18.4. The Balaban J connectivity index is 1.96. The molecule has 4 amide bonds. The molecule has 1 fully saturated rings. The molecule has 0 unspecified atom stereocenters. The fourth-order valence-electron chi connectivity index (χ4n) is 2.74. The highest BCUT2D eigenvalue weighted by Gasteiger charge is 2.23. The van der Waals surface area contributed by atoms with Crippen LogP contribution in [0.4, 0.5) is 10.5 Å². The molecule has 1 aromatic rings. The van der Waals surface area contributed by atoms with Crippen LogP contribution in [0.3, 0.4) is 0 Å². The van der Waals surface area contributed by atoms with Gasteiger partial charge in [-0.05, 0) is 44.5 Å². The molecular weight excluding hydrogens is 320 g/mol. The summed E-state index contributed by atoms with van der Waals surface area (Å²) >= 11 is 0. The van der Waals surface area contributed by atoms with Crippen LogP contribution in [0.5, 0.6) is 0 Å². The fraction of sp³-hybridized carbons (Fsp3) is 0.500. The zero-order valence-electron chi connectivity index (χ0n) is 15.0. The van der Waals surface area contributed by atoms with Crippen molar-refractivity contribution in [2.45, 2.75) is 33.2 Å². The molecule has 25 heavy (non-hydrogen) atoms. The quantitative estimate of drug-likeness (QED) is 0.877. The molecule has 0 atom stereocenters. The van der Waals surface area contributed by atoms with Crippen LogP contribution in [0.25, 0.3) is 0 Å². The molecule has 136 valence electrons. The topological polar surface area (TPSA) is 81.8 Å². The minimum absolute atomic E-state index is 0.0551. The van der Waals surface area contributed by atoms with Crippen molar-refractivity contribution in [1.82, 2.24) is 15.1 Å². The molecule has 0 spiro atoms. The second-order valence-electron chi connectivity index (χ2n) is 6.50. The van der Waals surface area contributed by atoms with Gasteiger partial charge in [-0.3, -0.25) is 9.59 Å². The number of hydrogen-bond acceptors (Lipinski definition) is 3. The summed E-state index contributed by atoms with van der Waals surface area (Å²) < 4.78 is 0. The lowest BCUT2D eigenvalue weighted by Crippen LogP contribution is -2.44. The molecule has 0 aromatic heterocycles. The lowest BCUT2D eigenvalue weighted by Gasteiger charge is -2.23. The smallest absolute Gasteiger partial charge is 0.317 e. The highest BCUT2D eigenvalue weighted by atomic mass is 16.2. The van der Waals surface area contributed by atoms with Gasteiger partial charge in [0.2, 0.25) is 5.91 Å². The van der Waals surface area contributed by atoms with E-state index in [2.05, 4.69) is 10.6 Å². The summed E-state index contributed by atoms with van der Waals surface area (Å²) in [7, 11) is 0. The first kappa shape index (κ1) is 18.8. The maximum absolute atomic E-state index is 12.7. The van der Waals surface area contributed by atoms with Crippen molar-refractivity contribution >= 4 is 23.5 Å². The third-order valence-electron chi connectivity index (χ3n) is 3.93. The summed E-state index contributed by atoms with van der Waals surface area (Å²) in [5.74, 6) is -0.202. The van der Waals surface area contributed by atoms with E-state index in [4.69, 9.17) is 0 Å². The van der Waals surface area contributed by atoms with E-state index in [1.165, 1.54) is 6.92 Å². The third kappa shape index (κ3) is 5.48. The Labute approximate surface area is 148 Å². The van der Waals surface area contributed by atoms with Gasteiger partial charge in [-0.25, -0.2) is 4.79 Å². The monoisotopic (exact) mass is 346 g/mol. The average molecular weight is 346 g/mol. The van der Waals surface area contributed by atoms with E-state index >= 15 is 0 Å². The predicted molar refractivity (Wildman–Crippen MR) is 96.5 cm³/mol. The fourth-order valence-corrected chi connectivity index (χ4v) is 2.74. The number of anilines is 1. The number of benzene rings is 1. The summed E-state index contributed by atoms with van der Waals surface area (Å²) in [6, 6.07) is 6.87. The summed E-state index contributed by atoms with van der Waals surface area (Å²) in [5, 5.41) is 5.57. The van der Waals surface area contributed by atoms with Gasteiger partial charge in [-0.1, -0.05) is 0 Å². The van der Waals surface area contributed by atoms with Crippen molar-refractivity contribution in [2.24, 2.45) is 0 Å². The minimum Gasteiger partial charge on any atom is -0.337 e. The molecule has 7 heteroatoms. The van der Waals surface area contributed by atoms with Crippen LogP contribution in [0.15, 0.2) is 24.3 Å². The van der Waals surface area contributed by atoms with Crippen molar-refractivity contribution < 1.29 is 14.4 Å². The van der Waals surface area contributed by atoms with Crippen LogP contribution in [-0.4, -0.2) is 59.9 Å². The van der Waals surface area contributed by atoms with Crippen LogP contribution in [-0.2, 0) is 4.79 Å². The van der Waals surface area contributed by atoms with Crippen molar-refractivity contribution in [3.05, 3.63) is 29.8 Å². The van der Waals surface area contributed by atoms with Crippen LogP contribution in [0, 0.1) is 0 Å². The lowest BCUT2D eigenvalue weighted by atomic mass is 10.1. The number of hydrogen-bond donors (Lipinski definition) is 2. The average Bonchev–Trinajstić information content (AvgIpc) is 2.80. The Hall–Kier alpha value is -2.57. The Morgan fingerprint density at radius 3 is 2.16 bits per heavy atom. The first-order chi connectivity index (χ1) is 11.9. The number of carbonyl (C=O) groups excluding carboxylic acids is 3. The Morgan fingerprint density at radius 2 is 1.56 bits per heavy atom. The van der Waals surface area contributed by atoms with Crippen molar-refractivity contribution in [2.75, 3.05) is 31.5 Å². The summed E-state index contributed by atoms with van der Waals surface area (Å²) in [5.41, 5.74) is 1.24. The van der Waals surface area contributed by atoms with Crippen LogP contribution >= 0.6 is 0 Å². The highest BCUT2D eigenvalue weighted by molar-refractivity contribution is 5.95. The largest absolute Gasteiger partial charge is 0.337 e.